The van der Waals surface area contributed by atoms with Crippen molar-refractivity contribution in [2.24, 2.45) is 0 Å². The first-order valence-electron chi connectivity index (χ1n) is 5.88. The van der Waals surface area contributed by atoms with Crippen LogP contribution < -0.4 is 10.1 Å². The van der Waals surface area contributed by atoms with Gasteiger partial charge in [0.1, 0.15) is 6.61 Å². The summed E-state index contributed by atoms with van der Waals surface area (Å²) in [6, 6.07) is 3.88. The van der Waals surface area contributed by atoms with Gasteiger partial charge in [-0.2, -0.15) is 0 Å². The van der Waals surface area contributed by atoms with Crippen molar-refractivity contribution in [1.29, 1.82) is 0 Å². The van der Waals surface area contributed by atoms with E-state index in [1.807, 2.05) is 26.2 Å². The fourth-order valence-electron chi connectivity index (χ4n) is 1.33. The monoisotopic (exact) mass is 237 g/mol. The Labute approximate surface area is 104 Å². The van der Waals surface area contributed by atoms with Crippen LogP contribution in [-0.2, 0) is 0 Å². The predicted molar refractivity (Wildman–Crippen MR) is 71.7 cm³/mol. The summed E-state index contributed by atoms with van der Waals surface area (Å²) in [6.07, 6.45) is 1.76. The van der Waals surface area contributed by atoms with E-state index >= 15 is 0 Å². The van der Waals surface area contributed by atoms with E-state index in [1.54, 1.807) is 6.20 Å². The molecule has 0 spiro atoms. The van der Waals surface area contributed by atoms with Crippen LogP contribution in [0.3, 0.4) is 0 Å². The predicted octanol–water partition coefficient (Wildman–Crippen LogP) is 2.23. The van der Waals surface area contributed by atoms with Gasteiger partial charge in [-0.05, 0) is 40.9 Å². The lowest BCUT2D eigenvalue weighted by Crippen LogP contribution is -2.26. The van der Waals surface area contributed by atoms with Gasteiger partial charge in [0.2, 0.25) is 5.88 Å². The molecule has 0 radical (unpaired) electrons. The lowest BCUT2D eigenvalue weighted by atomic mass is 10.1. The Bertz CT molecular complexity index is 345. The van der Waals surface area contributed by atoms with Gasteiger partial charge in [-0.3, -0.25) is 0 Å². The molecule has 0 amide bonds. The summed E-state index contributed by atoms with van der Waals surface area (Å²) in [4.78, 5) is 6.27. The van der Waals surface area contributed by atoms with E-state index in [2.05, 4.69) is 36.0 Å². The number of anilines is 1. The molecule has 0 aliphatic carbocycles. The van der Waals surface area contributed by atoms with Crippen LogP contribution in [0.1, 0.15) is 20.8 Å². The summed E-state index contributed by atoms with van der Waals surface area (Å²) >= 11 is 0. The molecule has 0 fully saturated rings. The average Bonchev–Trinajstić information content (AvgIpc) is 2.14. The first-order chi connectivity index (χ1) is 7.87. The van der Waals surface area contributed by atoms with Gasteiger partial charge in [0.15, 0.2) is 0 Å². The van der Waals surface area contributed by atoms with Crippen molar-refractivity contribution in [1.82, 2.24) is 9.88 Å². The number of rotatable bonds is 5. The summed E-state index contributed by atoms with van der Waals surface area (Å²) in [5.74, 6) is 0.668. The van der Waals surface area contributed by atoms with E-state index in [0.29, 0.717) is 12.5 Å². The molecule has 4 nitrogen and oxygen atoms in total. The normalized spacial score (nSPS) is 11.6. The summed E-state index contributed by atoms with van der Waals surface area (Å²) in [7, 11) is 4.04. The zero-order valence-electron chi connectivity index (χ0n) is 11.4. The molecular formula is C13H23N3O. The SMILES string of the molecule is CN(C)CCOc1cc(NC(C)(C)C)ccn1. The second kappa shape index (κ2) is 5.87. The minimum Gasteiger partial charge on any atom is -0.476 e. The zero-order chi connectivity index (χ0) is 12.9. The van der Waals surface area contributed by atoms with Crippen molar-refractivity contribution in [3.63, 3.8) is 0 Å². The lowest BCUT2D eigenvalue weighted by Gasteiger charge is -2.22. The molecule has 0 saturated carbocycles. The standard InChI is InChI=1S/C13H23N3O/c1-13(2,3)15-11-6-7-14-12(10-11)17-9-8-16(4)5/h6-7,10H,8-9H2,1-5H3,(H,14,15). The van der Waals surface area contributed by atoms with Crippen molar-refractivity contribution < 1.29 is 4.74 Å². The maximum atomic E-state index is 5.58. The minimum absolute atomic E-state index is 0.0439. The molecule has 1 N–H and O–H groups in total. The molecule has 0 unspecified atom stereocenters. The average molecular weight is 237 g/mol. The molecule has 1 rings (SSSR count). The molecule has 1 heterocycles. The smallest absolute Gasteiger partial charge is 0.215 e. The van der Waals surface area contributed by atoms with Gasteiger partial charge in [0, 0.05) is 30.0 Å². The molecule has 17 heavy (non-hydrogen) atoms. The maximum absolute atomic E-state index is 5.58. The van der Waals surface area contributed by atoms with Crippen molar-refractivity contribution in [2.45, 2.75) is 26.3 Å². The minimum atomic E-state index is 0.0439. The largest absolute Gasteiger partial charge is 0.476 e. The number of nitrogens with one attached hydrogen (secondary N) is 1. The highest BCUT2D eigenvalue weighted by atomic mass is 16.5. The second-order valence-electron chi connectivity index (χ2n) is 5.41. The number of hydrogen-bond donors (Lipinski definition) is 1. The van der Waals surface area contributed by atoms with E-state index in [0.717, 1.165) is 12.2 Å². The molecule has 0 atom stereocenters. The third-order valence-corrected chi connectivity index (χ3v) is 2.04. The van der Waals surface area contributed by atoms with Crippen molar-refractivity contribution in [3.05, 3.63) is 18.3 Å². The summed E-state index contributed by atoms with van der Waals surface area (Å²) < 4.78 is 5.58. The Balaban J connectivity index is 2.54. The topological polar surface area (TPSA) is 37.4 Å². The molecule has 0 bridgehead atoms. The highest BCUT2D eigenvalue weighted by molar-refractivity contribution is 5.46. The van der Waals surface area contributed by atoms with Crippen LogP contribution in [0.4, 0.5) is 5.69 Å². The molecule has 0 aromatic carbocycles. The number of likely N-dealkylation sites (N-methyl/N-ethyl adjacent to an activating group) is 1. The summed E-state index contributed by atoms with van der Waals surface area (Å²) in [5, 5.41) is 3.39. The van der Waals surface area contributed by atoms with Crippen LogP contribution in [0, 0.1) is 0 Å². The Morgan fingerprint density at radius 3 is 2.65 bits per heavy atom. The van der Waals surface area contributed by atoms with Gasteiger partial charge in [0.25, 0.3) is 0 Å². The van der Waals surface area contributed by atoms with E-state index < -0.39 is 0 Å². The first kappa shape index (κ1) is 13.8. The van der Waals surface area contributed by atoms with Crippen LogP contribution in [0.5, 0.6) is 5.88 Å². The van der Waals surface area contributed by atoms with E-state index in [4.69, 9.17) is 4.74 Å². The van der Waals surface area contributed by atoms with Crippen LogP contribution in [0.25, 0.3) is 0 Å². The Morgan fingerprint density at radius 2 is 2.06 bits per heavy atom. The van der Waals surface area contributed by atoms with Crippen LogP contribution >= 0.6 is 0 Å². The Hall–Kier alpha value is -1.29. The highest BCUT2D eigenvalue weighted by Crippen LogP contribution is 2.18. The number of pyridine rings is 1. The molecular weight excluding hydrogens is 214 g/mol. The van der Waals surface area contributed by atoms with Gasteiger partial charge in [-0.15, -0.1) is 0 Å². The van der Waals surface area contributed by atoms with Gasteiger partial charge in [-0.1, -0.05) is 0 Å². The third kappa shape index (κ3) is 6.12. The number of hydrogen-bond acceptors (Lipinski definition) is 4. The summed E-state index contributed by atoms with van der Waals surface area (Å²) in [5.41, 5.74) is 1.08. The van der Waals surface area contributed by atoms with Crippen molar-refractivity contribution in [2.75, 3.05) is 32.6 Å². The highest BCUT2D eigenvalue weighted by Gasteiger charge is 2.09. The van der Waals surface area contributed by atoms with Crippen molar-refractivity contribution in [3.8, 4) is 5.88 Å². The second-order valence-corrected chi connectivity index (χ2v) is 5.41. The van der Waals surface area contributed by atoms with E-state index in [9.17, 15) is 0 Å². The molecule has 0 saturated heterocycles. The molecule has 4 heteroatoms. The summed E-state index contributed by atoms with van der Waals surface area (Å²) in [6.45, 7) is 7.91. The number of ether oxygens (including phenoxy) is 1. The number of aromatic nitrogens is 1. The third-order valence-electron chi connectivity index (χ3n) is 2.04. The Morgan fingerprint density at radius 1 is 1.35 bits per heavy atom. The van der Waals surface area contributed by atoms with Gasteiger partial charge in [-0.25, -0.2) is 4.98 Å². The molecule has 1 aromatic rings. The van der Waals surface area contributed by atoms with E-state index in [-0.39, 0.29) is 5.54 Å². The maximum Gasteiger partial charge on any atom is 0.215 e. The number of nitrogens with zero attached hydrogens (tertiary/aromatic N) is 2. The van der Waals surface area contributed by atoms with E-state index in [1.165, 1.54) is 0 Å². The van der Waals surface area contributed by atoms with Gasteiger partial charge >= 0.3 is 0 Å². The first-order valence-corrected chi connectivity index (χ1v) is 5.88. The quantitative estimate of drug-likeness (QED) is 0.852. The van der Waals surface area contributed by atoms with Crippen LogP contribution in [0.2, 0.25) is 0 Å². The zero-order valence-corrected chi connectivity index (χ0v) is 11.4. The molecule has 96 valence electrons. The van der Waals surface area contributed by atoms with Crippen LogP contribution in [0.15, 0.2) is 18.3 Å². The fraction of sp³-hybridized carbons (Fsp3) is 0.615. The van der Waals surface area contributed by atoms with Crippen molar-refractivity contribution >= 4 is 5.69 Å². The van der Waals surface area contributed by atoms with Crippen LogP contribution in [-0.4, -0.2) is 42.7 Å². The van der Waals surface area contributed by atoms with Gasteiger partial charge < -0.3 is 15.0 Å². The lowest BCUT2D eigenvalue weighted by molar-refractivity contribution is 0.254. The molecule has 1 aromatic heterocycles. The fourth-order valence-corrected chi connectivity index (χ4v) is 1.33. The molecule has 0 aliphatic heterocycles. The Kier molecular flexibility index (Phi) is 4.75. The van der Waals surface area contributed by atoms with Gasteiger partial charge in [0.05, 0.1) is 0 Å². The molecule has 0 aliphatic rings.